The van der Waals surface area contributed by atoms with Gasteiger partial charge in [-0.15, -0.1) is 0 Å². The summed E-state index contributed by atoms with van der Waals surface area (Å²) in [7, 11) is 0. The molecule has 2 N–H and O–H groups in total. The molecule has 1 aromatic carbocycles. The van der Waals surface area contributed by atoms with E-state index in [4.69, 9.17) is 21.4 Å². The molecular formula is C14H17ClFNO4. The Morgan fingerprint density at radius 1 is 1.43 bits per heavy atom. The van der Waals surface area contributed by atoms with Crippen LogP contribution in [0.25, 0.3) is 0 Å². The number of amides is 1. The third kappa shape index (κ3) is 5.99. The molecule has 1 rings (SSSR count). The summed E-state index contributed by atoms with van der Waals surface area (Å²) in [5.41, 5.74) is -0.326. The molecule has 0 aliphatic carbocycles. The van der Waals surface area contributed by atoms with E-state index in [1.807, 2.05) is 0 Å². The van der Waals surface area contributed by atoms with Gasteiger partial charge in [0, 0.05) is 0 Å². The van der Waals surface area contributed by atoms with Gasteiger partial charge in [-0.2, -0.15) is 0 Å². The Morgan fingerprint density at radius 3 is 2.52 bits per heavy atom. The van der Waals surface area contributed by atoms with Crippen LogP contribution in [0.15, 0.2) is 18.2 Å². The van der Waals surface area contributed by atoms with Crippen LogP contribution in [-0.2, 0) is 9.53 Å². The van der Waals surface area contributed by atoms with Gasteiger partial charge in [0.05, 0.1) is 17.5 Å². The number of carbonyl (C=O) groups is 2. The fourth-order valence-electron chi connectivity index (χ4n) is 1.61. The van der Waals surface area contributed by atoms with Crippen LogP contribution in [-0.4, -0.2) is 22.8 Å². The van der Waals surface area contributed by atoms with Crippen LogP contribution in [0, 0.1) is 5.82 Å². The van der Waals surface area contributed by atoms with E-state index < -0.39 is 29.5 Å². The molecule has 1 aromatic rings. The van der Waals surface area contributed by atoms with Gasteiger partial charge >= 0.3 is 12.1 Å². The first-order chi connectivity index (χ1) is 9.58. The molecule has 1 atom stereocenters. The van der Waals surface area contributed by atoms with Crippen molar-refractivity contribution in [3.63, 3.8) is 0 Å². The molecule has 0 heterocycles. The first kappa shape index (κ1) is 17.2. The molecule has 1 amide bonds. The molecule has 0 unspecified atom stereocenters. The Kier molecular flexibility index (Phi) is 5.54. The molecule has 0 aliphatic rings. The number of aliphatic carboxylic acids is 1. The van der Waals surface area contributed by atoms with Gasteiger partial charge in [-0.05, 0) is 38.5 Å². The maximum Gasteiger partial charge on any atom is 0.408 e. The lowest BCUT2D eigenvalue weighted by molar-refractivity contribution is -0.137. The molecule has 5 nitrogen and oxygen atoms in total. The normalized spacial score (nSPS) is 12.6. The second kappa shape index (κ2) is 6.76. The van der Waals surface area contributed by atoms with Crippen molar-refractivity contribution in [2.45, 2.75) is 38.8 Å². The monoisotopic (exact) mass is 317 g/mol. The number of alkyl carbamates (subject to hydrolysis) is 1. The van der Waals surface area contributed by atoms with E-state index in [1.54, 1.807) is 20.8 Å². The molecule has 7 heteroatoms. The van der Waals surface area contributed by atoms with Crippen molar-refractivity contribution in [3.05, 3.63) is 34.6 Å². The number of benzene rings is 1. The highest BCUT2D eigenvalue weighted by molar-refractivity contribution is 6.30. The number of rotatable bonds is 4. The Morgan fingerprint density at radius 2 is 2.05 bits per heavy atom. The zero-order valence-electron chi connectivity index (χ0n) is 11.9. The second-order valence-corrected chi connectivity index (χ2v) is 5.88. The van der Waals surface area contributed by atoms with Crippen LogP contribution in [0.3, 0.4) is 0 Å². The molecule has 21 heavy (non-hydrogen) atoms. The summed E-state index contributed by atoms with van der Waals surface area (Å²) in [5.74, 6) is -1.73. The minimum absolute atomic E-state index is 0.145. The first-order valence-electron chi connectivity index (χ1n) is 6.25. The van der Waals surface area contributed by atoms with Crippen LogP contribution in [0.5, 0.6) is 0 Å². The Balaban J connectivity index is 2.92. The van der Waals surface area contributed by atoms with Crippen molar-refractivity contribution < 1.29 is 23.8 Å². The van der Waals surface area contributed by atoms with Crippen molar-refractivity contribution in [2.75, 3.05) is 0 Å². The topological polar surface area (TPSA) is 75.6 Å². The molecule has 0 fully saturated rings. The summed E-state index contributed by atoms with van der Waals surface area (Å²) in [5, 5.41) is 11.2. The number of nitrogens with one attached hydrogen (secondary N) is 1. The van der Waals surface area contributed by atoms with Crippen molar-refractivity contribution >= 4 is 23.7 Å². The van der Waals surface area contributed by atoms with Crippen molar-refractivity contribution in [1.29, 1.82) is 0 Å². The first-order valence-corrected chi connectivity index (χ1v) is 6.62. The minimum Gasteiger partial charge on any atom is -0.481 e. The largest absolute Gasteiger partial charge is 0.481 e. The highest BCUT2D eigenvalue weighted by Gasteiger charge is 2.23. The Hall–Kier alpha value is -1.82. The maximum absolute atomic E-state index is 13.1. The second-order valence-electron chi connectivity index (χ2n) is 5.47. The molecule has 116 valence electrons. The van der Waals surface area contributed by atoms with E-state index in [0.717, 1.165) is 6.07 Å². The lowest BCUT2D eigenvalue weighted by Gasteiger charge is -2.23. The summed E-state index contributed by atoms with van der Waals surface area (Å²) < 4.78 is 18.2. The number of ether oxygens (including phenoxy) is 1. The number of carboxylic acid groups (broad SMARTS) is 1. The number of halogens is 2. The summed E-state index contributed by atoms with van der Waals surface area (Å²) >= 11 is 5.67. The molecule has 0 radical (unpaired) electrons. The smallest absolute Gasteiger partial charge is 0.408 e. The fourth-order valence-corrected chi connectivity index (χ4v) is 1.79. The average Bonchev–Trinajstić information content (AvgIpc) is 2.28. The fraction of sp³-hybridized carbons (Fsp3) is 0.429. The van der Waals surface area contributed by atoms with E-state index in [-0.39, 0.29) is 11.4 Å². The number of carboxylic acids is 1. The Bertz CT molecular complexity index is 542. The highest BCUT2D eigenvalue weighted by Crippen LogP contribution is 2.23. The zero-order valence-corrected chi connectivity index (χ0v) is 12.7. The lowest BCUT2D eigenvalue weighted by Crippen LogP contribution is -2.35. The van der Waals surface area contributed by atoms with Crippen LogP contribution in [0.1, 0.15) is 38.8 Å². The number of carbonyl (C=O) groups excluding carboxylic acids is 1. The van der Waals surface area contributed by atoms with E-state index in [0.29, 0.717) is 5.56 Å². The van der Waals surface area contributed by atoms with E-state index >= 15 is 0 Å². The molecule has 0 spiro atoms. The third-order valence-corrected chi connectivity index (χ3v) is 2.71. The third-order valence-electron chi connectivity index (χ3n) is 2.42. The molecular weight excluding hydrogens is 301 g/mol. The molecule has 0 bridgehead atoms. The summed E-state index contributed by atoms with van der Waals surface area (Å²) in [6, 6.07) is 2.90. The molecule has 0 aromatic heterocycles. The minimum atomic E-state index is -1.11. The van der Waals surface area contributed by atoms with E-state index in [9.17, 15) is 14.0 Å². The van der Waals surface area contributed by atoms with Crippen LogP contribution in [0.4, 0.5) is 9.18 Å². The zero-order chi connectivity index (χ0) is 16.2. The summed E-state index contributed by atoms with van der Waals surface area (Å²) in [4.78, 5) is 22.6. The highest BCUT2D eigenvalue weighted by atomic mass is 35.5. The molecule has 0 saturated heterocycles. The van der Waals surface area contributed by atoms with Crippen LogP contribution >= 0.6 is 11.6 Å². The van der Waals surface area contributed by atoms with Gasteiger partial charge in [0.15, 0.2) is 0 Å². The van der Waals surface area contributed by atoms with Gasteiger partial charge in [-0.1, -0.05) is 17.7 Å². The van der Waals surface area contributed by atoms with Gasteiger partial charge in [0.2, 0.25) is 0 Å². The van der Waals surface area contributed by atoms with E-state index in [2.05, 4.69) is 5.32 Å². The van der Waals surface area contributed by atoms with E-state index in [1.165, 1.54) is 12.1 Å². The Labute approximate surface area is 127 Å². The standard InChI is InChI=1S/C14H17ClFNO4/c1-14(2,3)21-13(20)17-11(7-12(18)19)8-4-5-10(16)9(15)6-8/h4-6,11H,7H2,1-3H3,(H,17,20)(H,18,19)/t11-/m0/s1. The SMILES string of the molecule is CC(C)(C)OC(=O)N[C@@H](CC(=O)O)c1ccc(F)c(Cl)c1. The molecule has 0 aliphatic heterocycles. The van der Waals surface area contributed by atoms with Crippen molar-refractivity contribution in [3.8, 4) is 0 Å². The predicted molar refractivity (Wildman–Crippen MR) is 75.8 cm³/mol. The lowest BCUT2D eigenvalue weighted by atomic mass is 10.0. The van der Waals surface area contributed by atoms with Gasteiger partial charge < -0.3 is 15.2 Å². The number of hydrogen-bond acceptors (Lipinski definition) is 3. The average molecular weight is 318 g/mol. The van der Waals surface area contributed by atoms with Gasteiger partial charge in [0.1, 0.15) is 11.4 Å². The van der Waals surface area contributed by atoms with Gasteiger partial charge in [0.25, 0.3) is 0 Å². The quantitative estimate of drug-likeness (QED) is 0.891. The predicted octanol–water partition coefficient (Wildman–Crippen LogP) is 3.52. The summed E-state index contributed by atoms with van der Waals surface area (Å²) in [6.45, 7) is 5.06. The van der Waals surface area contributed by atoms with Crippen LogP contribution in [0.2, 0.25) is 5.02 Å². The molecule has 0 saturated carbocycles. The van der Waals surface area contributed by atoms with Gasteiger partial charge in [-0.25, -0.2) is 9.18 Å². The van der Waals surface area contributed by atoms with Crippen LogP contribution < -0.4 is 5.32 Å². The maximum atomic E-state index is 13.1. The summed E-state index contributed by atoms with van der Waals surface area (Å²) in [6.07, 6.45) is -1.13. The van der Waals surface area contributed by atoms with Crippen molar-refractivity contribution in [1.82, 2.24) is 5.32 Å². The van der Waals surface area contributed by atoms with Gasteiger partial charge in [-0.3, -0.25) is 4.79 Å². The number of hydrogen-bond donors (Lipinski definition) is 2. The van der Waals surface area contributed by atoms with Crippen molar-refractivity contribution in [2.24, 2.45) is 0 Å².